The third-order valence-electron chi connectivity index (χ3n) is 5.02. The van der Waals surface area contributed by atoms with Gasteiger partial charge in [-0.1, -0.05) is 6.07 Å². The molecule has 36 heavy (non-hydrogen) atoms. The van der Waals surface area contributed by atoms with Crippen LogP contribution in [0.3, 0.4) is 0 Å². The molecule has 0 aliphatic carbocycles. The number of hydrogen-bond donors (Lipinski definition) is 1. The van der Waals surface area contributed by atoms with Gasteiger partial charge in [0.15, 0.2) is 5.75 Å². The highest BCUT2D eigenvalue weighted by Gasteiger charge is 2.32. The Bertz CT molecular complexity index is 1520. The van der Waals surface area contributed by atoms with Crippen molar-refractivity contribution in [3.05, 3.63) is 77.1 Å². The second-order valence-corrected chi connectivity index (χ2v) is 7.32. The lowest BCUT2D eigenvalue weighted by molar-refractivity contribution is -0.274. The molecule has 0 radical (unpaired) electrons. The Morgan fingerprint density at radius 3 is 2.64 bits per heavy atom. The number of esters is 1. The lowest BCUT2D eigenvalue weighted by atomic mass is 10.0. The van der Waals surface area contributed by atoms with Gasteiger partial charge in [0.05, 0.1) is 34.4 Å². The average molecular weight is 498 g/mol. The van der Waals surface area contributed by atoms with Crippen LogP contribution in [0.15, 0.2) is 66.0 Å². The lowest BCUT2D eigenvalue weighted by Crippen LogP contribution is -2.20. The van der Waals surface area contributed by atoms with E-state index in [1.54, 1.807) is 37.4 Å². The molecule has 0 spiro atoms. The van der Waals surface area contributed by atoms with Crippen LogP contribution in [0.4, 0.5) is 18.9 Å². The molecule has 1 N–H and O–H groups in total. The minimum absolute atomic E-state index is 0.156. The molecule has 12 heteroatoms. The van der Waals surface area contributed by atoms with Gasteiger partial charge >= 0.3 is 12.3 Å². The molecule has 184 valence electrons. The number of alkyl halides is 3. The number of carbonyl (C=O) groups excluding carboxylic acids is 2. The van der Waals surface area contributed by atoms with Gasteiger partial charge in [0.25, 0.3) is 5.56 Å². The van der Waals surface area contributed by atoms with Crippen LogP contribution in [0.2, 0.25) is 0 Å². The maximum Gasteiger partial charge on any atom is 0.573 e. The van der Waals surface area contributed by atoms with Crippen LogP contribution in [0, 0.1) is 0 Å². The van der Waals surface area contributed by atoms with Gasteiger partial charge in [-0.25, -0.2) is 9.78 Å². The Kier molecular flexibility index (Phi) is 6.68. The molecule has 0 saturated heterocycles. The first-order chi connectivity index (χ1) is 17.2. The molecular weight excluding hydrogens is 481 g/mol. The standard InChI is InChI=1S/C24H17F3N4O5/c1-2-35-23(34)16-7-15(10-28-11-16)14-3-5-18-19(8-14)29-12-31(22(18)33)17-4-6-21(36-24(25,26)27)20(9-17)30-13-32/h3-13H,2H2,1H3,(H,30,32). The maximum atomic E-state index is 13.1. The van der Waals surface area contributed by atoms with Crippen molar-refractivity contribution in [3.63, 3.8) is 0 Å². The topological polar surface area (TPSA) is 112 Å². The first-order valence-electron chi connectivity index (χ1n) is 10.4. The fraction of sp³-hybridized carbons (Fsp3) is 0.125. The number of nitrogens with one attached hydrogen (secondary N) is 1. The van der Waals surface area contributed by atoms with E-state index in [1.165, 1.54) is 18.6 Å². The molecule has 4 aromatic rings. The number of amides is 1. The number of ether oxygens (including phenoxy) is 2. The zero-order chi connectivity index (χ0) is 25.9. The number of halogens is 3. The molecule has 0 aliphatic rings. The van der Waals surface area contributed by atoms with Crippen LogP contribution in [0.1, 0.15) is 17.3 Å². The molecule has 2 aromatic heterocycles. The molecule has 2 aromatic carbocycles. The number of anilines is 1. The number of rotatable bonds is 7. The molecule has 2 heterocycles. The Labute approximate surface area is 201 Å². The van der Waals surface area contributed by atoms with Crippen LogP contribution >= 0.6 is 0 Å². The Morgan fingerprint density at radius 2 is 1.92 bits per heavy atom. The Balaban J connectivity index is 1.72. The highest BCUT2D eigenvalue weighted by atomic mass is 19.4. The third kappa shape index (κ3) is 5.17. The molecule has 4 rings (SSSR count). The SMILES string of the molecule is CCOC(=O)c1cncc(-c2ccc3c(=O)n(-c4ccc(OC(F)(F)F)c(NC=O)c4)cnc3c2)c1. The molecule has 1 amide bonds. The molecular formula is C24H17F3N4O5. The second kappa shape index (κ2) is 9.86. The lowest BCUT2D eigenvalue weighted by Gasteiger charge is -2.14. The van der Waals surface area contributed by atoms with Gasteiger partial charge in [-0.05, 0) is 48.9 Å². The smallest absolute Gasteiger partial charge is 0.462 e. The summed E-state index contributed by atoms with van der Waals surface area (Å²) in [6.07, 6.45) is -0.621. The zero-order valence-electron chi connectivity index (χ0n) is 18.6. The minimum atomic E-state index is -4.97. The number of benzene rings is 2. The van der Waals surface area contributed by atoms with Gasteiger partial charge in [-0.15, -0.1) is 13.2 Å². The van der Waals surface area contributed by atoms with E-state index in [-0.39, 0.29) is 35.3 Å². The van der Waals surface area contributed by atoms with Gasteiger partial charge in [0.1, 0.15) is 6.33 Å². The summed E-state index contributed by atoms with van der Waals surface area (Å²) >= 11 is 0. The second-order valence-electron chi connectivity index (χ2n) is 7.32. The van der Waals surface area contributed by atoms with Gasteiger partial charge in [-0.3, -0.25) is 19.1 Å². The van der Waals surface area contributed by atoms with Gasteiger partial charge < -0.3 is 14.8 Å². The van der Waals surface area contributed by atoms with Crippen LogP contribution in [-0.2, 0) is 9.53 Å². The Morgan fingerprint density at radius 1 is 1.11 bits per heavy atom. The molecule has 0 saturated carbocycles. The predicted molar refractivity (Wildman–Crippen MR) is 123 cm³/mol. The summed E-state index contributed by atoms with van der Waals surface area (Å²) in [5.41, 5.74) is 1.26. The van der Waals surface area contributed by atoms with E-state index in [1.807, 2.05) is 0 Å². The van der Waals surface area contributed by atoms with Crippen LogP contribution in [-0.4, -0.2) is 39.9 Å². The molecule has 0 atom stereocenters. The van der Waals surface area contributed by atoms with Crippen LogP contribution in [0.5, 0.6) is 5.75 Å². The van der Waals surface area contributed by atoms with E-state index in [0.717, 1.165) is 16.7 Å². The largest absolute Gasteiger partial charge is 0.573 e. The van der Waals surface area contributed by atoms with E-state index in [4.69, 9.17) is 4.74 Å². The number of pyridine rings is 1. The summed E-state index contributed by atoms with van der Waals surface area (Å²) in [6.45, 7) is 1.92. The molecule has 0 aliphatic heterocycles. The molecule has 0 fully saturated rings. The normalized spacial score (nSPS) is 11.2. The number of nitrogens with zero attached hydrogens (tertiary/aromatic N) is 3. The van der Waals surface area contributed by atoms with E-state index < -0.39 is 23.6 Å². The summed E-state index contributed by atoms with van der Waals surface area (Å²) < 4.78 is 48.0. The summed E-state index contributed by atoms with van der Waals surface area (Å²) in [4.78, 5) is 44.4. The monoisotopic (exact) mass is 498 g/mol. The zero-order valence-corrected chi connectivity index (χ0v) is 18.6. The van der Waals surface area contributed by atoms with Crippen molar-refractivity contribution in [1.29, 1.82) is 0 Å². The highest BCUT2D eigenvalue weighted by Crippen LogP contribution is 2.32. The van der Waals surface area contributed by atoms with E-state index in [9.17, 15) is 27.6 Å². The van der Waals surface area contributed by atoms with Crippen molar-refractivity contribution in [3.8, 4) is 22.6 Å². The van der Waals surface area contributed by atoms with E-state index in [2.05, 4.69) is 20.0 Å². The molecule has 9 nitrogen and oxygen atoms in total. The van der Waals surface area contributed by atoms with Crippen molar-refractivity contribution < 1.29 is 32.2 Å². The highest BCUT2D eigenvalue weighted by molar-refractivity contribution is 5.91. The minimum Gasteiger partial charge on any atom is -0.462 e. The maximum absolute atomic E-state index is 13.1. The summed E-state index contributed by atoms with van der Waals surface area (Å²) in [6, 6.07) is 9.82. The van der Waals surface area contributed by atoms with Gasteiger partial charge in [0.2, 0.25) is 6.41 Å². The summed E-state index contributed by atoms with van der Waals surface area (Å²) in [5, 5.41) is 2.36. The Hall–Kier alpha value is -4.74. The molecule has 0 bridgehead atoms. The fourth-order valence-electron chi connectivity index (χ4n) is 3.47. The van der Waals surface area contributed by atoms with Crippen molar-refractivity contribution >= 4 is 29.0 Å². The number of hydrogen-bond acceptors (Lipinski definition) is 7. The predicted octanol–water partition coefficient (Wildman–Crippen LogP) is 4.09. The molecule has 0 unspecified atom stereocenters. The quantitative estimate of drug-likeness (QED) is 0.302. The first kappa shape index (κ1) is 24.4. The fourth-order valence-corrected chi connectivity index (χ4v) is 3.47. The first-order valence-corrected chi connectivity index (χ1v) is 10.4. The van der Waals surface area contributed by atoms with E-state index in [0.29, 0.717) is 16.6 Å². The van der Waals surface area contributed by atoms with Crippen LogP contribution < -0.4 is 15.6 Å². The number of carbonyl (C=O) groups is 2. The summed E-state index contributed by atoms with van der Waals surface area (Å²) in [7, 11) is 0. The van der Waals surface area contributed by atoms with Gasteiger partial charge in [0, 0.05) is 18.0 Å². The van der Waals surface area contributed by atoms with Crippen molar-refractivity contribution in [1.82, 2.24) is 14.5 Å². The van der Waals surface area contributed by atoms with Crippen LogP contribution in [0.25, 0.3) is 27.7 Å². The number of aromatic nitrogens is 3. The average Bonchev–Trinajstić information content (AvgIpc) is 2.85. The van der Waals surface area contributed by atoms with Gasteiger partial charge in [-0.2, -0.15) is 0 Å². The third-order valence-corrected chi connectivity index (χ3v) is 5.02. The summed E-state index contributed by atoms with van der Waals surface area (Å²) in [5.74, 6) is -1.15. The van der Waals surface area contributed by atoms with Crippen molar-refractivity contribution in [2.24, 2.45) is 0 Å². The van der Waals surface area contributed by atoms with Crippen molar-refractivity contribution in [2.75, 3.05) is 11.9 Å². The van der Waals surface area contributed by atoms with Crippen molar-refractivity contribution in [2.45, 2.75) is 13.3 Å². The number of fused-ring (bicyclic) bond motifs is 1. The van der Waals surface area contributed by atoms with E-state index >= 15 is 0 Å².